The van der Waals surface area contributed by atoms with Gasteiger partial charge in [0.25, 0.3) is 0 Å². The van der Waals surface area contributed by atoms with Gasteiger partial charge in [-0.3, -0.25) is 0 Å². The number of hydrogen-bond donors (Lipinski definition) is 4. The highest BCUT2D eigenvalue weighted by molar-refractivity contribution is 7.93. The van der Waals surface area contributed by atoms with E-state index in [2.05, 4.69) is 5.32 Å². The molecule has 13 heteroatoms. The summed E-state index contributed by atoms with van der Waals surface area (Å²) in [6.07, 6.45) is 2.68. The number of hydrogen-bond acceptors (Lipinski definition) is 10. The fraction of sp³-hybridized carbons (Fsp3) is 0.486. The number of aliphatic hydroxyl groups excluding tert-OH is 2. The molecule has 11 nitrogen and oxygen atoms in total. The van der Waals surface area contributed by atoms with Crippen LogP contribution in [0, 0.1) is 0 Å². The van der Waals surface area contributed by atoms with Gasteiger partial charge in [0.2, 0.25) is 10.0 Å². The van der Waals surface area contributed by atoms with Crippen LogP contribution in [0.3, 0.4) is 0 Å². The minimum atomic E-state index is -3.68. The Morgan fingerprint density at radius 1 is 0.938 bits per heavy atom. The molecule has 2 heterocycles. The van der Waals surface area contributed by atoms with Gasteiger partial charge in [-0.05, 0) is 92.1 Å². The predicted molar refractivity (Wildman–Crippen MR) is 182 cm³/mol. The molecule has 2 atom stereocenters. The summed E-state index contributed by atoms with van der Waals surface area (Å²) in [4.78, 5) is 0.375. The maximum absolute atomic E-state index is 13.6. The Hall–Kier alpha value is -2.88. The van der Waals surface area contributed by atoms with Crippen molar-refractivity contribution in [3.8, 4) is 16.9 Å². The van der Waals surface area contributed by atoms with E-state index >= 15 is 0 Å². The van der Waals surface area contributed by atoms with Gasteiger partial charge in [-0.2, -0.15) is 4.31 Å². The number of nitrogens with one attached hydrogen (secondary N) is 1. The Labute approximate surface area is 283 Å². The molecule has 260 valence electrons. The van der Waals surface area contributed by atoms with Crippen molar-refractivity contribution in [3.05, 3.63) is 78.4 Å². The first-order valence-electron chi connectivity index (χ1n) is 16.5. The number of piperidine rings is 1. The van der Waals surface area contributed by atoms with E-state index in [1.54, 1.807) is 34.6 Å². The molecule has 0 bridgehead atoms. The third-order valence-corrected chi connectivity index (χ3v) is 14.3. The molecule has 48 heavy (non-hydrogen) atoms. The summed E-state index contributed by atoms with van der Waals surface area (Å²) >= 11 is 0. The molecule has 2 aliphatic heterocycles. The molecule has 1 unspecified atom stereocenters. The van der Waals surface area contributed by atoms with Crippen molar-refractivity contribution in [3.63, 3.8) is 0 Å². The van der Waals surface area contributed by atoms with Crippen molar-refractivity contribution in [1.82, 2.24) is 9.62 Å². The summed E-state index contributed by atoms with van der Waals surface area (Å²) in [6, 6.07) is 21.3. The highest BCUT2D eigenvalue weighted by atomic mass is 32.2. The van der Waals surface area contributed by atoms with Crippen molar-refractivity contribution < 1.29 is 36.5 Å². The summed E-state index contributed by atoms with van der Waals surface area (Å²) < 4.78 is 65.5. The lowest BCUT2D eigenvalue weighted by molar-refractivity contribution is -0.0312. The Balaban J connectivity index is 0.973. The molecule has 5 N–H and O–H groups in total. The third-order valence-electron chi connectivity index (χ3n) is 9.90. The highest BCUT2D eigenvalue weighted by Gasteiger charge is 2.54. The fourth-order valence-electron chi connectivity index (χ4n) is 6.66. The second-order valence-corrected chi connectivity index (χ2v) is 17.5. The van der Waals surface area contributed by atoms with Crippen LogP contribution < -0.4 is 15.8 Å². The van der Waals surface area contributed by atoms with Gasteiger partial charge >= 0.3 is 0 Å². The first kappa shape index (κ1) is 35.0. The third kappa shape index (κ3) is 7.34. The average molecular weight is 700 g/mol. The lowest BCUT2D eigenvalue weighted by atomic mass is 9.88. The van der Waals surface area contributed by atoms with Crippen molar-refractivity contribution in [1.29, 1.82) is 0 Å². The molecule has 1 saturated carbocycles. The van der Waals surface area contributed by atoms with E-state index in [0.717, 1.165) is 23.1 Å². The van der Waals surface area contributed by atoms with E-state index in [9.17, 15) is 27.0 Å². The second kappa shape index (κ2) is 14.2. The topological polar surface area (TPSA) is 168 Å². The predicted octanol–water partition coefficient (Wildman–Crippen LogP) is 2.50. The van der Waals surface area contributed by atoms with Crippen LogP contribution in [0.1, 0.15) is 37.7 Å². The zero-order valence-electron chi connectivity index (χ0n) is 27.0. The fourth-order valence-corrected chi connectivity index (χ4v) is 9.99. The molecule has 3 fully saturated rings. The normalized spacial score (nSPS) is 21.3. The van der Waals surface area contributed by atoms with E-state index in [4.69, 9.17) is 15.2 Å². The standard InChI is InChI=1S/C35H45N3O8S2/c36-16-11-26-7-9-27(10-8-26)28-3-1-6-33(19-28)48(43,44)38-17-14-34(15-18-38)21-29(23-46-34)37-22-30(40)24-45-31-4-2-5-32(20-31)47(41,42)35(25-39)12-13-35/h1-10,19-20,29-30,37,39-40H,11-18,21-25,36H2/t29-,30?/m0/s1. The van der Waals surface area contributed by atoms with Gasteiger partial charge < -0.3 is 30.7 Å². The van der Waals surface area contributed by atoms with Crippen LogP contribution in [0.2, 0.25) is 0 Å². The number of nitrogens with zero attached hydrogens (tertiary/aromatic N) is 1. The van der Waals surface area contributed by atoms with Crippen LogP contribution in [-0.2, 0) is 31.0 Å². The second-order valence-electron chi connectivity index (χ2n) is 13.3. The number of ether oxygens (including phenoxy) is 2. The van der Waals surface area contributed by atoms with Crippen LogP contribution in [0.15, 0.2) is 82.6 Å². The molecule has 0 radical (unpaired) electrons. The lowest BCUT2D eigenvalue weighted by Gasteiger charge is -2.38. The number of rotatable bonds is 14. The van der Waals surface area contributed by atoms with E-state index in [-0.39, 0.29) is 29.0 Å². The van der Waals surface area contributed by atoms with Crippen LogP contribution in [0.25, 0.3) is 11.1 Å². The summed E-state index contributed by atoms with van der Waals surface area (Å²) in [5, 5.41) is 23.5. The van der Waals surface area contributed by atoms with E-state index in [1.165, 1.54) is 12.1 Å². The lowest BCUT2D eigenvalue weighted by Crippen LogP contribution is -2.47. The first-order valence-corrected chi connectivity index (χ1v) is 19.4. The number of sulfonamides is 1. The number of benzene rings is 3. The number of nitrogens with two attached hydrogens (primary N) is 1. The van der Waals surface area contributed by atoms with Crippen LogP contribution in [-0.4, -0.2) is 99.8 Å². The van der Waals surface area contributed by atoms with Crippen molar-refractivity contribution in [2.24, 2.45) is 5.73 Å². The Morgan fingerprint density at radius 3 is 2.33 bits per heavy atom. The Morgan fingerprint density at radius 2 is 1.65 bits per heavy atom. The zero-order chi connectivity index (χ0) is 34.0. The van der Waals surface area contributed by atoms with E-state index in [1.807, 2.05) is 30.3 Å². The maximum Gasteiger partial charge on any atom is 0.243 e. The van der Waals surface area contributed by atoms with Gasteiger partial charge in [0, 0.05) is 25.7 Å². The van der Waals surface area contributed by atoms with Gasteiger partial charge in [0.15, 0.2) is 9.84 Å². The van der Waals surface area contributed by atoms with Crippen molar-refractivity contribution >= 4 is 19.9 Å². The zero-order valence-corrected chi connectivity index (χ0v) is 28.6. The van der Waals surface area contributed by atoms with Crippen molar-refractivity contribution in [2.45, 2.75) is 70.8 Å². The van der Waals surface area contributed by atoms with Crippen LogP contribution in [0.5, 0.6) is 5.75 Å². The number of aliphatic hydroxyl groups is 2. The molecule has 0 amide bonds. The SMILES string of the molecule is NCCc1ccc(-c2cccc(S(=O)(=O)N3CCC4(CC3)C[C@H](NCC(O)COc3cccc(S(=O)(=O)C5(CO)CC5)c3)CO4)c2)cc1. The van der Waals surface area contributed by atoms with Gasteiger partial charge in [0.05, 0.1) is 33.4 Å². The minimum Gasteiger partial charge on any atom is -0.491 e. The maximum atomic E-state index is 13.6. The summed E-state index contributed by atoms with van der Waals surface area (Å²) in [5.41, 5.74) is 8.17. The molecular formula is C35H45N3O8S2. The Bertz CT molecular complexity index is 1790. The van der Waals surface area contributed by atoms with E-state index < -0.39 is 42.9 Å². The summed E-state index contributed by atoms with van der Waals surface area (Å²) in [6.45, 7) is 1.56. The van der Waals surface area contributed by atoms with Crippen LogP contribution >= 0.6 is 0 Å². The first-order chi connectivity index (χ1) is 23.0. The van der Waals surface area contributed by atoms with E-state index in [0.29, 0.717) is 64.1 Å². The summed E-state index contributed by atoms with van der Waals surface area (Å²) in [5.74, 6) is 0.331. The van der Waals surface area contributed by atoms with Gasteiger partial charge in [-0.25, -0.2) is 16.8 Å². The van der Waals surface area contributed by atoms with Gasteiger partial charge in [0.1, 0.15) is 18.5 Å². The quantitative estimate of drug-likeness (QED) is 0.196. The molecule has 0 aromatic heterocycles. The summed E-state index contributed by atoms with van der Waals surface area (Å²) in [7, 11) is -7.36. The molecule has 1 aliphatic carbocycles. The molecular weight excluding hydrogens is 655 g/mol. The molecule has 1 spiro atoms. The molecule has 2 saturated heterocycles. The largest absolute Gasteiger partial charge is 0.491 e. The Kier molecular flexibility index (Phi) is 10.3. The minimum absolute atomic E-state index is 0.00240. The molecule has 3 aromatic carbocycles. The molecule has 3 aromatic rings. The molecule has 6 rings (SSSR count). The van der Waals surface area contributed by atoms with Gasteiger partial charge in [-0.15, -0.1) is 0 Å². The van der Waals surface area contributed by atoms with Crippen LogP contribution in [0.4, 0.5) is 0 Å². The molecule has 3 aliphatic rings. The number of sulfone groups is 1. The average Bonchev–Trinajstić information content (AvgIpc) is 3.83. The van der Waals surface area contributed by atoms with Gasteiger partial charge in [-0.1, -0.05) is 42.5 Å². The monoisotopic (exact) mass is 699 g/mol. The smallest absolute Gasteiger partial charge is 0.243 e. The van der Waals surface area contributed by atoms with Crippen molar-refractivity contribution in [2.75, 3.05) is 46.0 Å². The highest BCUT2D eigenvalue weighted by Crippen LogP contribution is 2.46.